The van der Waals surface area contributed by atoms with Gasteiger partial charge in [-0.3, -0.25) is 4.79 Å². The standard InChI is InChI=1S/C17H19NO2S/c19-15(11-18-17(20)14-3-1-4-14)12-6-8-13(9-7-12)16-5-2-10-21-16/h2,5-10,14-15,19H,1,3-4,11H2,(H,18,20). The molecule has 2 N–H and O–H groups in total. The van der Waals surface area contributed by atoms with E-state index in [0.717, 1.165) is 30.4 Å². The van der Waals surface area contributed by atoms with Crippen LogP contribution in [0.3, 0.4) is 0 Å². The number of rotatable bonds is 5. The lowest BCUT2D eigenvalue weighted by atomic mass is 9.85. The van der Waals surface area contributed by atoms with E-state index >= 15 is 0 Å². The third kappa shape index (κ3) is 3.34. The van der Waals surface area contributed by atoms with Gasteiger partial charge in [-0.05, 0) is 35.4 Å². The summed E-state index contributed by atoms with van der Waals surface area (Å²) in [5.41, 5.74) is 1.99. The molecule has 0 aliphatic heterocycles. The molecule has 21 heavy (non-hydrogen) atoms. The minimum atomic E-state index is -0.647. The highest BCUT2D eigenvalue weighted by Crippen LogP contribution is 2.27. The topological polar surface area (TPSA) is 49.3 Å². The van der Waals surface area contributed by atoms with Crippen LogP contribution in [0.4, 0.5) is 0 Å². The maximum Gasteiger partial charge on any atom is 0.223 e. The van der Waals surface area contributed by atoms with E-state index in [4.69, 9.17) is 0 Å². The van der Waals surface area contributed by atoms with Crippen molar-refractivity contribution in [2.75, 3.05) is 6.54 Å². The van der Waals surface area contributed by atoms with Gasteiger partial charge in [0.2, 0.25) is 5.91 Å². The maximum atomic E-state index is 11.7. The number of carbonyl (C=O) groups is 1. The lowest BCUT2D eigenvalue weighted by Gasteiger charge is -2.24. The fraction of sp³-hybridized carbons (Fsp3) is 0.353. The van der Waals surface area contributed by atoms with Crippen LogP contribution in [-0.4, -0.2) is 17.6 Å². The molecule has 0 bridgehead atoms. The van der Waals surface area contributed by atoms with Crippen LogP contribution in [0.15, 0.2) is 41.8 Å². The second-order valence-electron chi connectivity index (χ2n) is 5.49. The summed E-state index contributed by atoms with van der Waals surface area (Å²) in [6.45, 7) is 0.285. The molecular weight excluding hydrogens is 282 g/mol. The minimum absolute atomic E-state index is 0.0792. The van der Waals surface area contributed by atoms with Crippen LogP contribution in [0, 0.1) is 5.92 Å². The number of thiophene rings is 1. The molecule has 1 fully saturated rings. The van der Waals surface area contributed by atoms with E-state index in [1.54, 1.807) is 11.3 Å². The van der Waals surface area contributed by atoms with E-state index in [0.29, 0.717) is 0 Å². The first-order valence-corrected chi connectivity index (χ1v) is 8.21. The number of aliphatic hydroxyl groups excluding tert-OH is 1. The number of hydrogen-bond donors (Lipinski definition) is 2. The molecule has 110 valence electrons. The van der Waals surface area contributed by atoms with Crippen molar-refractivity contribution in [1.82, 2.24) is 5.32 Å². The molecule has 1 aromatic carbocycles. The van der Waals surface area contributed by atoms with E-state index < -0.39 is 6.10 Å². The number of aliphatic hydroxyl groups is 1. The molecule has 4 heteroatoms. The molecule has 1 aliphatic carbocycles. The highest BCUT2D eigenvalue weighted by molar-refractivity contribution is 7.13. The number of carbonyl (C=O) groups excluding carboxylic acids is 1. The Balaban J connectivity index is 1.57. The summed E-state index contributed by atoms with van der Waals surface area (Å²) in [4.78, 5) is 13.0. The molecule has 0 spiro atoms. The molecule has 1 atom stereocenters. The lowest BCUT2D eigenvalue weighted by Crippen LogP contribution is -2.36. The molecule has 1 unspecified atom stereocenters. The van der Waals surface area contributed by atoms with Crippen LogP contribution >= 0.6 is 11.3 Å². The summed E-state index contributed by atoms with van der Waals surface area (Å²) in [6.07, 6.45) is 2.46. The summed E-state index contributed by atoms with van der Waals surface area (Å²) in [5, 5.41) is 15.0. The Morgan fingerprint density at radius 1 is 1.29 bits per heavy atom. The van der Waals surface area contributed by atoms with Crippen molar-refractivity contribution in [3.05, 3.63) is 47.3 Å². The molecule has 0 radical (unpaired) electrons. The van der Waals surface area contributed by atoms with Gasteiger partial charge in [0.15, 0.2) is 0 Å². The normalized spacial score (nSPS) is 16.2. The third-order valence-electron chi connectivity index (χ3n) is 4.05. The van der Waals surface area contributed by atoms with E-state index in [-0.39, 0.29) is 18.4 Å². The minimum Gasteiger partial charge on any atom is -0.387 e. The van der Waals surface area contributed by atoms with Crippen molar-refractivity contribution in [2.24, 2.45) is 5.92 Å². The molecule has 1 saturated carbocycles. The first kappa shape index (κ1) is 14.3. The fourth-order valence-corrected chi connectivity index (χ4v) is 3.18. The first-order valence-electron chi connectivity index (χ1n) is 7.33. The van der Waals surface area contributed by atoms with E-state index in [1.807, 2.05) is 35.7 Å². The van der Waals surface area contributed by atoms with Crippen LogP contribution < -0.4 is 5.32 Å². The van der Waals surface area contributed by atoms with Gasteiger partial charge in [0.1, 0.15) is 0 Å². The van der Waals surface area contributed by atoms with Gasteiger partial charge in [-0.15, -0.1) is 11.3 Å². The Morgan fingerprint density at radius 2 is 2.05 bits per heavy atom. The molecule has 1 aliphatic rings. The van der Waals surface area contributed by atoms with Crippen molar-refractivity contribution in [1.29, 1.82) is 0 Å². The number of amides is 1. The zero-order valence-electron chi connectivity index (χ0n) is 11.8. The van der Waals surface area contributed by atoms with Gasteiger partial charge >= 0.3 is 0 Å². The van der Waals surface area contributed by atoms with Gasteiger partial charge in [-0.1, -0.05) is 36.8 Å². The quantitative estimate of drug-likeness (QED) is 0.889. The van der Waals surface area contributed by atoms with Crippen molar-refractivity contribution in [3.8, 4) is 10.4 Å². The van der Waals surface area contributed by atoms with Crippen molar-refractivity contribution in [3.63, 3.8) is 0 Å². The average Bonchev–Trinajstić information content (AvgIpc) is 2.97. The average molecular weight is 301 g/mol. The predicted octanol–water partition coefficient (Wildman–Crippen LogP) is 3.36. The van der Waals surface area contributed by atoms with E-state index in [1.165, 1.54) is 4.88 Å². The van der Waals surface area contributed by atoms with Crippen molar-refractivity contribution < 1.29 is 9.90 Å². The molecule has 1 aromatic heterocycles. The largest absolute Gasteiger partial charge is 0.387 e. The van der Waals surface area contributed by atoms with Gasteiger partial charge in [-0.25, -0.2) is 0 Å². The third-order valence-corrected chi connectivity index (χ3v) is 4.97. The number of nitrogens with one attached hydrogen (secondary N) is 1. The van der Waals surface area contributed by atoms with Crippen molar-refractivity contribution >= 4 is 17.2 Å². The Hall–Kier alpha value is -1.65. The zero-order chi connectivity index (χ0) is 14.7. The second-order valence-corrected chi connectivity index (χ2v) is 6.44. The Morgan fingerprint density at radius 3 is 2.62 bits per heavy atom. The van der Waals surface area contributed by atoms with Gasteiger partial charge in [0.05, 0.1) is 6.10 Å². The Bertz CT molecular complexity index is 588. The van der Waals surface area contributed by atoms with Crippen LogP contribution in [0.1, 0.15) is 30.9 Å². The highest BCUT2D eigenvalue weighted by Gasteiger charge is 2.25. The second kappa shape index (κ2) is 6.41. The summed E-state index contributed by atoms with van der Waals surface area (Å²) in [6, 6.07) is 12.0. The Kier molecular flexibility index (Phi) is 4.36. The number of benzene rings is 1. The zero-order valence-corrected chi connectivity index (χ0v) is 12.6. The molecule has 2 aromatic rings. The molecule has 1 amide bonds. The fourth-order valence-electron chi connectivity index (χ4n) is 2.44. The molecule has 3 rings (SSSR count). The monoisotopic (exact) mass is 301 g/mol. The van der Waals surface area contributed by atoms with Gasteiger partial charge in [-0.2, -0.15) is 0 Å². The highest BCUT2D eigenvalue weighted by atomic mass is 32.1. The van der Waals surface area contributed by atoms with E-state index in [2.05, 4.69) is 11.4 Å². The summed E-state index contributed by atoms with van der Waals surface area (Å²) in [5.74, 6) is 0.244. The van der Waals surface area contributed by atoms with Gasteiger partial charge < -0.3 is 10.4 Å². The van der Waals surface area contributed by atoms with E-state index in [9.17, 15) is 9.90 Å². The van der Waals surface area contributed by atoms with Gasteiger partial charge in [0.25, 0.3) is 0 Å². The lowest BCUT2D eigenvalue weighted by molar-refractivity contribution is -0.127. The molecule has 3 nitrogen and oxygen atoms in total. The first-order chi connectivity index (χ1) is 10.2. The van der Waals surface area contributed by atoms with Crippen molar-refractivity contribution in [2.45, 2.75) is 25.4 Å². The summed E-state index contributed by atoms with van der Waals surface area (Å²) < 4.78 is 0. The van der Waals surface area contributed by atoms with Crippen LogP contribution in [0.25, 0.3) is 10.4 Å². The molecule has 1 heterocycles. The number of hydrogen-bond acceptors (Lipinski definition) is 3. The summed E-state index contributed by atoms with van der Waals surface area (Å²) in [7, 11) is 0. The molecular formula is C17H19NO2S. The van der Waals surface area contributed by atoms with Crippen LogP contribution in [0.5, 0.6) is 0 Å². The van der Waals surface area contributed by atoms with Crippen LogP contribution in [-0.2, 0) is 4.79 Å². The summed E-state index contributed by atoms with van der Waals surface area (Å²) >= 11 is 1.70. The smallest absolute Gasteiger partial charge is 0.223 e. The SMILES string of the molecule is O=C(NCC(O)c1ccc(-c2cccs2)cc1)C1CCC1. The van der Waals surface area contributed by atoms with Gasteiger partial charge in [0, 0.05) is 17.3 Å². The van der Waals surface area contributed by atoms with Crippen LogP contribution in [0.2, 0.25) is 0 Å². The maximum absolute atomic E-state index is 11.7. The Labute approximate surface area is 128 Å². The predicted molar refractivity (Wildman–Crippen MR) is 85.1 cm³/mol. The molecule has 0 saturated heterocycles.